The number of aryl methyl sites for hydroxylation is 5. The van der Waals surface area contributed by atoms with Gasteiger partial charge < -0.3 is 0 Å². The molecular weight excluding hydrogens is 416 g/mol. The van der Waals surface area contributed by atoms with E-state index in [1.54, 1.807) is 0 Å². The predicted octanol–water partition coefficient (Wildman–Crippen LogP) is 6.67. The van der Waals surface area contributed by atoms with Crippen LogP contribution < -0.4 is 10.9 Å². The van der Waals surface area contributed by atoms with E-state index >= 15 is 0 Å². The third kappa shape index (κ3) is 2.06. The predicted molar refractivity (Wildman–Crippen MR) is 143 cm³/mol. The van der Waals surface area contributed by atoms with E-state index in [9.17, 15) is 9.59 Å². The summed E-state index contributed by atoms with van der Waals surface area (Å²) >= 11 is 0. The zero-order valence-electron chi connectivity index (χ0n) is 21.1. The molecule has 170 valence electrons. The Kier molecular flexibility index (Phi) is 3.81. The lowest BCUT2D eigenvalue weighted by molar-refractivity contribution is 0.785. The summed E-state index contributed by atoms with van der Waals surface area (Å²) in [7, 11) is 0. The van der Waals surface area contributed by atoms with Gasteiger partial charge in [0.2, 0.25) is 0 Å². The zero-order chi connectivity index (χ0) is 23.8. The van der Waals surface area contributed by atoms with Crippen LogP contribution in [0.1, 0.15) is 68.5 Å². The highest BCUT2D eigenvalue weighted by Crippen LogP contribution is 2.52. The second kappa shape index (κ2) is 6.36. The Morgan fingerprint density at radius 3 is 1.53 bits per heavy atom. The third-order valence-electron chi connectivity index (χ3n) is 9.70. The highest BCUT2D eigenvalue weighted by Gasteiger charge is 2.34. The van der Waals surface area contributed by atoms with E-state index in [1.165, 1.54) is 56.0 Å². The van der Waals surface area contributed by atoms with E-state index in [0.717, 1.165) is 81.6 Å². The second-order valence-electron chi connectivity index (χ2n) is 11.0. The van der Waals surface area contributed by atoms with Crippen LogP contribution >= 0.6 is 0 Å². The number of benzene rings is 5. The van der Waals surface area contributed by atoms with Crippen LogP contribution in [-0.2, 0) is 25.7 Å². The lowest BCUT2D eigenvalue weighted by Gasteiger charge is -2.32. The molecule has 7 rings (SSSR count). The molecular formula is C32H30O2. The van der Waals surface area contributed by atoms with E-state index in [0.29, 0.717) is 0 Å². The van der Waals surface area contributed by atoms with Gasteiger partial charge in [-0.25, -0.2) is 0 Å². The van der Waals surface area contributed by atoms with Crippen LogP contribution in [0.5, 0.6) is 0 Å². The summed E-state index contributed by atoms with van der Waals surface area (Å²) in [5.74, 6) is 0. The van der Waals surface area contributed by atoms with Gasteiger partial charge in [0.25, 0.3) is 0 Å². The van der Waals surface area contributed by atoms with Crippen molar-refractivity contribution >= 4 is 32.3 Å². The maximum Gasteiger partial charge on any atom is 0.190 e. The van der Waals surface area contributed by atoms with Crippen molar-refractivity contribution in [1.82, 2.24) is 0 Å². The monoisotopic (exact) mass is 446 g/mol. The van der Waals surface area contributed by atoms with Crippen molar-refractivity contribution in [3.8, 4) is 11.1 Å². The lowest BCUT2D eigenvalue weighted by Crippen LogP contribution is -2.25. The molecule has 2 heteroatoms. The maximum absolute atomic E-state index is 14.2. The van der Waals surface area contributed by atoms with Crippen LogP contribution in [0, 0.1) is 41.5 Å². The molecule has 0 unspecified atom stereocenters. The summed E-state index contributed by atoms with van der Waals surface area (Å²) < 4.78 is 0. The van der Waals surface area contributed by atoms with E-state index in [4.69, 9.17) is 0 Å². The SMILES string of the molecule is Cc1c2c3c(c(C)c(C)c4c5c6c(c(C)c(=O)c7c-6c(c(C)c5=O)CCC7)c(c1C)c34)CCC2. The summed E-state index contributed by atoms with van der Waals surface area (Å²) in [6, 6.07) is 0. The number of fused-ring (bicyclic) bond motifs is 2. The average molecular weight is 447 g/mol. The van der Waals surface area contributed by atoms with Crippen molar-refractivity contribution in [3.63, 3.8) is 0 Å². The van der Waals surface area contributed by atoms with Gasteiger partial charge in [0.1, 0.15) is 0 Å². The molecule has 0 saturated carbocycles. The van der Waals surface area contributed by atoms with E-state index in [1.807, 2.05) is 13.8 Å². The van der Waals surface area contributed by atoms with Gasteiger partial charge in [0.05, 0.1) is 0 Å². The smallest absolute Gasteiger partial charge is 0.190 e. The first-order chi connectivity index (χ1) is 16.3. The van der Waals surface area contributed by atoms with Gasteiger partial charge >= 0.3 is 0 Å². The first kappa shape index (κ1) is 20.4. The first-order valence-corrected chi connectivity index (χ1v) is 12.8. The van der Waals surface area contributed by atoms with E-state index in [2.05, 4.69) is 27.7 Å². The Labute approximate surface area is 199 Å². The minimum absolute atomic E-state index is 0.175. The normalized spacial score (nSPS) is 15.5. The maximum atomic E-state index is 14.2. The zero-order valence-corrected chi connectivity index (χ0v) is 21.1. The van der Waals surface area contributed by atoms with Gasteiger partial charge in [-0.05, 0) is 152 Å². The fourth-order valence-electron chi connectivity index (χ4n) is 7.80. The highest BCUT2D eigenvalue weighted by molar-refractivity contribution is 6.32. The van der Waals surface area contributed by atoms with Crippen molar-refractivity contribution < 1.29 is 0 Å². The van der Waals surface area contributed by atoms with Crippen LogP contribution in [0.2, 0.25) is 0 Å². The van der Waals surface area contributed by atoms with Crippen LogP contribution in [0.4, 0.5) is 0 Å². The molecule has 4 aliphatic rings. The number of hydrogen-bond acceptors (Lipinski definition) is 2. The molecule has 0 saturated heterocycles. The fraction of sp³-hybridized carbons (Fsp3) is 0.375. The van der Waals surface area contributed by atoms with Gasteiger partial charge in [0.15, 0.2) is 10.9 Å². The van der Waals surface area contributed by atoms with Crippen LogP contribution in [0.25, 0.3) is 43.4 Å². The van der Waals surface area contributed by atoms with Crippen molar-refractivity contribution in [3.05, 3.63) is 76.1 Å². The summed E-state index contributed by atoms with van der Waals surface area (Å²) in [6.07, 6.45) is 6.02. The van der Waals surface area contributed by atoms with Gasteiger partial charge in [0, 0.05) is 27.6 Å². The second-order valence-corrected chi connectivity index (χ2v) is 11.0. The Balaban J connectivity index is 1.99. The number of hydrogen-bond donors (Lipinski definition) is 0. The highest BCUT2D eigenvalue weighted by atomic mass is 16.1. The molecule has 0 aliphatic heterocycles. The fourth-order valence-corrected chi connectivity index (χ4v) is 7.80. The number of rotatable bonds is 0. The van der Waals surface area contributed by atoms with Crippen molar-refractivity contribution in [2.75, 3.05) is 0 Å². The Morgan fingerprint density at radius 2 is 0.912 bits per heavy atom. The topological polar surface area (TPSA) is 34.1 Å². The van der Waals surface area contributed by atoms with E-state index < -0.39 is 0 Å². The molecule has 0 heterocycles. The first-order valence-electron chi connectivity index (χ1n) is 12.8. The average Bonchev–Trinajstić information content (AvgIpc) is 2.85. The summed E-state index contributed by atoms with van der Waals surface area (Å²) in [6.45, 7) is 13.0. The van der Waals surface area contributed by atoms with Crippen molar-refractivity contribution in [1.29, 1.82) is 0 Å². The summed E-state index contributed by atoms with van der Waals surface area (Å²) in [5, 5.41) is 6.94. The molecule has 34 heavy (non-hydrogen) atoms. The molecule has 0 bridgehead atoms. The molecule has 0 radical (unpaired) electrons. The largest absolute Gasteiger partial charge is 0.289 e. The standard InChI is InChI=1S/C32H30O2/c1-13-15(3)23-25-18(6)31(33)22-12-8-11-21-17(5)32(34)30(29(25)27(21)22)24-16(4)14(2)20-10-7-9-19(13)26(20)28(23)24/h7-12H2,1-6H3. The van der Waals surface area contributed by atoms with Crippen LogP contribution in [0.3, 0.4) is 0 Å². The van der Waals surface area contributed by atoms with Crippen LogP contribution in [-0.4, -0.2) is 0 Å². The summed E-state index contributed by atoms with van der Waals surface area (Å²) in [4.78, 5) is 27.9. The van der Waals surface area contributed by atoms with Gasteiger partial charge in [-0.3, -0.25) is 9.59 Å². The molecule has 2 nitrogen and oxygen atoms in total. The molecule has 0 aromatic heterocycles. The Bertz CT molecular complexity index is 1830. The van der Waals surface area contributed by atoms with Gasteiger partial charge in [-0.15, -0.1) is 0 Å². The Morgan fingerprint density at radius 1 is 0.382 bits per heavy atom. The van der Waals surface area contributed by atoms with Crippen molar-refractivity contribution in [2.24, 2.45) is 0 Å². The third-order valence-corrected chi connectivity index (χ3v) is 9.70. The summed E-state index contributed by atoms with van der Waals surface area (Å²) in [5.41, 5.74) is 14.5. The Hall–Kier alpha value is -3.00. The molecule has 3 aromatic rings. The van der Waals surface area contributed by atoms with Crippen LogP contribution in [0.15, 0.2) is 9.59 Å². The molecule has 0 spiro atoms. The molecule has 4 aliphatic carbocycles. The molecule has 0 fully saturated rings. The minimum atomic E-state index is 0.175. The molecule has 0 amide bonds. The van der Waals surface area contributed by atoms with Gasteiger partial charge in [-0.1, -0.05) is 0 Å². The lowest BCUT2D eigenvalue weighted by atomic mass is 9.71. The minimum Gasteiger partial charge on any atom is -0.289 e. The quantitative estimate of drug-likeness (QED) is 0.196. The van der Waals surface area contributed by atoms with Gasteiger partial charge in [-0.2, -0.15) is 0 Å². The van der Waals surface area contributed by atoms with E-state index in [-0.39, 0.29) is 10.9 Å². The van der Waals surface area contributed by atoms with Crippen molar-refractivity contribution in [2.45, 2.75) is 80.1 Å². The molecule has 0 N–H and O–H groups in total. The molecule has 3 aromatic carbocycles. The molecule has 0 atom stereocenters.